The number of halogens is 3. The summed E-state index contributed by atoms with van der Waals surface area (Å²) in [5.41, 5.74) is 0. The van der Waals surface area contributed by atoms with Crippen molar-refractivity contribution in [3.8, 4) is 0 Å². The number of hydrogen-bond donors (Lipinski definition) is 2. The molecule has 2 amide bonds. The van der Waals surface area contributed by atoms with Gasteiger partial charge in [0, 0.05) is 13.1 Å². The topological polar surface area (TPSA) is 69.6 Å². The third-order valence-electron chi connectivity index (χ3n) is 3.45. The molecule has 122 valence electrons. The Morgan fingerprint density at radius 2 is 1.95 bits per heavy atom. The number of aliphatic carboxylic acids is 1. The monoisotopic (exact) mass is 328 g/mol. The summed E-state index contributed by atoms with van der Waals surface area (Å²) in [4.78, 5) is 24.2. The molecule has 1 aliphatic rings. The van der Waals surface area contributed by atoms with Crippen LogP contribution in [0.1, 0.15) is 19.3 Å². The second-order valence-electron chi connectivity index (χ2n) is 4.92. The molecule has 1 atom stereocenters. The Kier molecular flexibility index (Phi) is 6.63. The number of carbonyl (C=O) groups is 2. The number of urea groups is 1. The zero-order valence-corrected chi connectivity index (χ0v) is 12.5. The van der Waals surface area contributed by atoms with E-state index < -0.39 is 30.1 Å². The zero-order chi connectivity index (χ0) is 16.0. The predicted octanol–water partition coefficient (Wildman–Crippen LogP) is 2.18. The molecule has 1 saturated heterocycles. The van der Waals surface area contributed by atoms with Gasteiger partial charge in [-0.15, -0.1) is 0 Å². The van der Waals surface area contributed by atoms with E-state index in [1.54, 1.807) is 0 Å². The second-order valence-corrected chi connectivity index (χ2v) is 5.91. The minimum Gasteiger partial charge on any atom is -0.480 e. The summed E-state index contributed by atoms with van der Waals surface area (Å²) in [5, 5.41) is 11.4. The molecule has 0 spiro atoms. The van der Waals surface area contributed by atoms with Gasteiger partial charge < -0.3 is 15.3 Å². The number of nitrogens with one attached hydrogen (secondary N) is 1. The van der Waals surface area contributed by atoms with E-state index in [2.05, 4.69) is 5.32 Å². The van der Waals surface area contributed by atoms with Crippen molar-refractivity contribution in [2.75, 3.05) is 25.1 Å². The van der Waals surface area contributed by atoms with Crippen LogP contribution in [-0.4, -0.2) is 59.3 Å². The number of piperidine rings is 1. The molecule has 5 nitrogen and oxygen atoms in total. The van der Waals surface area contributed by atoms with Crippen molar-refractivity contribution < 1.29 is 27.9 Å². The van der Waals surface area contributed by atoms with Gasteiger partial charge in [-0.05, 0) is 31.3 Å². The van der Waals surface area contributed by atoms with Crippen LogP contribution in [0.2, 0.25) is 0 Å². The zero-order valence-electron chi connectivity index (χ0n) is 11.7. The van der Waals surface area contributed by atoms with Gasteiger partial charge in [0.05, 0.1) is 5.92 Å². The molecule has 0 aromatic heterocycles. The maximum Gasteiger partial charge on any atom is 0.391 e. The van der Waals surface area contributed by atoms with Crippen LogP contribution < -0.4 is 5.32 Å². The third-order valence-corrected chi connectivity index (χ3v) is 4.10. The van der Waals surface area contributed by atoms with Gasteiger partial charge in [0.25, 0.3) is 0 Å². The largest absolute Gasteiger partial charge is 0.480 e. The maximum absolute atomic E-state index is 12.5. The number of thioether (sulfide) groups is 1. The average molecular weight is 328 g/mol. The van der Waals surface area contributed by atoms with E-state index in [1.165, 1.54) is 16.7 Å². The molecule has 0 aliphatic carbocycles. The van der Waals surface area contributed by atoms with Crippen molar-refractivity contribution in [2.45, 2.75) is 31.5 Å². The number of rotatable bonds is 5. The van der Waals surface area contributed by atoms with Crippen molar-refractivity contribution in [2.24, 2.45) is 5.92 Å². The number of hydrogen-bond acceptors (Lipinski definition) is 3. The number of carboxylic acid groups (broad SMARTS) is 1. The first-order valence-electron chi connectivity index (χ1n) is 6.59. The van der Waals surface area contributed by atoms with Crippen LogP contribution in [0.15, 0.2) is 0 Å². The summed E-state index contributed by atoms with van der Waals surface area (Å²) in [6.07, 6.45) is -2.41. The quantitative estimate of drug-likeness (QED) is 0.811. The Labute approximate surface area is 125 Å². The number of amides is 2. The molecule has 0 aromatic carbocycles. The lowest BCUT2D eigenvalue weighted by molar-refractivity contribution is -0.183. The van der Waals surface area contributed by atoms with Gasteiger partial charge in [0.2, 0.25) is 0 Å². The Bertz CT molecular complexity index is 371. The van der Waals surface area contributed by atoms with Gasteiger partial charge in [-0.25, -0.2) is 9.59 Å². The highest BCUT2D eigenvalue weighted by molar-refractivity contribution is 7.98. The Hall–Kier alpha value is -1.12. The molecule has 1 fully saturated rings. The lowest BCUT2D eigenvalue weighted by Crippen LogP contribution is -2.51. The average Bonchev–Trinajstić information content (AvgIpc) is 2.42. The minimum atomic E-state index is -4.23. The second kappa shape index (κ2) is 7.77. The van der Waals surface area contributed by atoms with E-state index in [0.717, 1.165) is 0 Å². The fraction of sp³-hybridized carbons (Fsp3) is 0.833. The summed E-state index contributed by atoms with van der Waals surface area (Å²) in [6.45, 7) is -0.0181. The smallest absolute Gasteiger partial charge is 0.391 e. The molecule has 1 rings (SSSR count). The number of likely N-dealkylation sites (tertiary alicyclic amines) is 1. The van der Waals surface area contributed by atoms with E-state index in [-0.39, 0.29) is 32.4 Å². The molecule has 2 N–H and O–H groups in total. The summed E-state index contributed by atoms with van der Waals surface area (Å²) in [5.74, 6) is -1.94. The highest BCUT2D eigenvalue weighted by Crippen LogP contribution is 2.34. The molecular weight excluding hydrogens is 309 g/mol. The number of carbonyl (C=O) groups excluding carboxylic acids is 1. The summed E-state index contributed by atoms with van der Waals surface area (Å²) in [6, 6.07) is -1.62. The molecule has 0 bridgehead atoms. The highest BCUT2D eigenvalue weighted by atomic mass is 32.2. The van der Waals surface area contributed by atoms with Gasteiger partial charge >= 0.3 is 18.2 Å². The lowest BCUT2D eigenvalue weighted by Gasteiger charge is -2.33. The van der Waals surface area contributed by atoms with Gasteiger partial charge in [-0.2, -0.15) is 24.9 Å². The number of nitrogens with zero attached hydrogens (tertiary/aromatic N) is 1. The molecule has 9 heteroatoms. The first-order valence-corrected chi connectivity index (χ1v) is 7.99. The first kappa shape index (κ1) is 17.9. The van der Waals surface area contributed by atoms with Crippen molar-refractivity contribution in [3.05, 3.63) is 0 Å². The van der Waals surface area contributed by atoms with Crippen molar-refractivity contribution in [1.82, 2.24) is 10.2 Å². The van der Waals surface area contributed by atoms with Crippen LogP contribution in [0.4, 0.5) is 18.0 Å². The van der Waals surface area contributed by atoms with Gasteiger partial charge in [0.15, 0.2) is 0 Å². The fourth-order valence-electron chi connectivity index (χ4n) is 2.14. The maximum atomic E-state index is 12.5. The standard InChI is InChI=1S/C12H19F3N2O3S/c1-21-7-4-9(10(18)19)16-11(20)17-5-2-8(3-6-17)12(13,14)15/h8-9H,2-7H2,1H3,(H,16,20)(H,18,19). The summed E-state index contributed by atoms with van der Waals surface area (Å²) in [7, 11) is 0. The van der Waals surface area contributed by atoms with E-state index in [4.69, 9.17) is 5.11 Å². The summed E-state index contributed by atoms with van der Waals surface area (Å²) < 4.78 is 37.6. The molecular formula is C12H19F3N2O3S. The number of alkyl halides is 3. The van der Waals surface area contributed by atoms with Gasteiger partial charge in [-0.3, -0.25) is 0 Å². The van der Waals surface area contributed by atoms with Crippen LogP contribution in [0.3, 0.4) is 0 Å². The predicted molar refractivity (Wildman–Crippen MR) is 73.3 cm³/mol. The third kappa shape index (κ3) is 5.64. The number of carboxylic acids is 1. The Morgan fingerprint density at radius 3 is 2.38 bits per heavy atom. The molecule has 1 unspecified atom stereocenters. The first-order chi connectivity index (χ1) is 9.75. The molecule has 0 aromatic rings. The molecule has 21 heavy (non-hydrogen) atoms. The molecule has 1 aliphatic heterocycles. The van der Waals surface area contributed by atoms with E-state index in [1.807, 2.05) is 6.26 Å². The van der Waals surface area contributed by atoms with Crippen LogP contribution in [0, 0.1) is 5.92 Å². The van der Waals surface area contributed by atoms with Gasteiger partial charge in [0.1, 0.15) is 6.04 Å². The van der Waals surface area contributed by atoms with Crippen molar-refractivity contribution >= 4 is 23.8 Å². The fourth-order valence-corrected chi connectivity index (χ4v) is 2.61. The molecule has 0 radical (unpaired) electrons. The summed E-state index contributed by atoms with van der Waals surface area (Å²) >= 11 is 1.46. The molecule has 0 saturated carbocycles. The van der Waals surface area contributed by atoms with Gasteiger partial charge in [-0.1, -0.05) is 0 Å². The van der Waals surface area contributed by atoms with E-state index >= 15 is 0 Å². The van der Waals surface area contributed by atoms with Crippen LogP contribution in [-0.2, 0) is 4.79 Å². The molecule has 1 heterocycles. The van der Waals surface area contributed by atoms with Crippen LogP contribution in [0.25, 0.3) is 0 Å². The van der Waals surface area contributed by atoms with E-state index in [9.17, 15) is 22.8 Å². The van der Waals surface area contributed by atoms with Crippen molar-refractivity contribution in [3.63, 3.8) is 0 Å². The van der Waals surface area contributed by atoms with Crippen molar-refractivity contribution in [1.29, 1.82) is 0 Å². The van der Waals surface area contributed by atoms with Crippen LogP contribution in [0.5, 0.6) is 0 Å². The Morgan fingerprint density at radius 1 is 1.38 bits per heavy atom. The SMILES string of the molecule is CSCCC(NC(=O)N1CCC(C(F)(F)F)CC1)C(=O)O. The van der Waals surface area contributed by atoms with E-state index in [0.29, 0.717) is 5.75 Å². The Balaban J connectivity index is 2.47. The highest BCUT2D eigenvalue weighted by Gasteiger charge is 2.41. The normalized spacial score (nSPS) is 18.4. The lowest BCUT2D eigenvalue weighted by atomic mass is 9.96. The minimum absolute atomic E-state index is 0.00905. The van der Waals surface area contributed by atoms with Crippen LogP contribution >= 0.6 is 11.8 Å².